The minimum Gasteiger partial charge on any atom is -0.458 e. The fourth-order valence-corrected chi connectivity index (χ4v) is 6.42. The topological polar surface area (TPSA) is 102 Å². The van der Waals surface area contributed by atoms with Crippen LogP contribution >= 0.6 is 0 Å². The molecule has 0 aromatic heterocycles. The molecule has 1 spiro atoms. The second-order valence-corrected chi connectivity index (χ2v) is 9.86. The fourth-order valence-electron chi connectivity index (χ4n) is 6.42. The molecule has 4 rings (SSSR count). The van der Waals surface area contributed by atoms with E-state index < -0.39 is 53.5 Å². The van der Waals surface area contributed by atoms with Gasteiger partial charge in [0.2, 0.25) is 0 Å². The van der Waals surface area contributed by atoms with Gasteiger partial charge in [0.05, 0.1) is 34.9 Å². The number of rotatable bonds is 4. The third kappa shape index (κ3) is 3.12. The number of ether oxygens (including phenoxy) is 3. The smallest absolute Gasteiger partial charge is 0.338 e. The Hall–Kier alpha value is -1.96. The van der Waals surface area contributed by atoms with Crippen molar-refractivity contribution in [1.29, 1.82) is 0 Å². The van der Waals surface area contributed by atoms with Gasteiger partial charge in [0, 0.05) is 12.8 Å². The average molecular weight is 433 g/mol. The van der Waals surface area contributed by atoms with E-state index in [1.807, 2.05) is 19.9 Å². The Balaban J connectivity index is 1.84. The molecule has 0 amide bonds. The quantitative estimate of drug-likeness (QED) is 0.705. The highest BCUT2D eigenvalue weighted by atomic mass is 16.6. The molecule has 1 heterocycles. The molecule has 1 aromatic carbocycles. The highest BCUT2D eigenvalue weighted by Gasteiger charge is 2.77. The van der Waals surface area contributed by atoms with Crippen molar-refractivity contribution in [2.75, 3.05) is 6.61 Å². The van der Waals surface area contributed by atoms with Crippen LogP contribution in [0.5, 0.6) is 0 Å². The van der Waals surface area contributed by atoms with Gasteiger partial charge >= 0.3 is 11.9 Å². The number of aliphatic hydroxyl groups excluding tert-OH is 2. The van der Waals surface area contributed by atoms with E-state index >= 15 is 0 Å². The first-order valence-electron chi connectivity index (χ1n) is 11.0. The van der Waals surface area contributed by atoms with Gasteiger partial charge in [0.15, 0.2) is 6.10 Å². The van der Waals surface area contributed by atoms with Gasteiger partial charge in [-0.2, -0.15) is 0 Å². The summed E-state index contributed by atoms with van der Waals surface area (Å²) in [6.45, 7) is 6.76. The Morgan fingerprint density at radius 2 is 1.84 bits per heavy atom. The zero-order valence-electron chi connectivity index (χ0n) is 18.5. The Labute approximate surface area is 182 Å². The lowest BCUT2D eigenvalue weighted by Gasteiger charge is -2.61. The fraction of sp³-hybridized carbons (Fsp3) is 0.667. The lowest BCUT2D eigenvalue weighted by atomic mass is 9.49. The minimum atomic E-state index is -1.29. The molecule has 7 heteroatoms. The van der Waals surface area contributed by atoms with Crippen LogP contribution in [0.25, 0.3) is 0 Å². The third-order valence-corrected chi connectivity index (χ3v) is 7.92. The normalized spacial score (nSPS) is 40.6. The number of hydrogen-bond donors (Lipinski definition) is 2. The molecule has 2 N–H and O–H groups in total. The number of carbonyl (C=O) groups is 2. The third-order valence-electron chi connectivity index (χ3n) is 7.92. The van der Waals surface area contributed by atoms with E-state index in [9.17, 15) is 19.8 Å². The lowest BCUT2D eigenvalue weighted by Crippen LogP contribution is -2.73. The van der Waals surface area contributed by atoms with Gasteiger partial charge in [-0.05, 0) is 51.2 Å². The maximum absolute atomic E-state index is 13.0. The molecule has 1 aromatic rings. The standard InChI is InChI=1S/C24H32O7/c1-14-10-11-18(27)23(13-25)20(29-15(2)26)19(17-12-24(14,23)31-22(17,3)4)30-21(28)16-8-6-5-7-9-16/h5-9,14,17-20,25,27H,10-13H2,1-4H3/t14-,17-,18-,19-,20+,23+,24+/m1/s1. The van der Waals surface area contributed by atoms with Gasteiger partial charge < -0.3 is 24.4 Å². The van der Waals surface area contributed by atoms with Crippen LogP contribution in [0, 0.1) is 17.3 Å². The molecule has 2 saturated carbocycles. The summed E-state index contributed by atoms with van der Waals surface area (Å²) >= 11 is 0. The first kappa shape index (κ1) is 22.2. The molecule has 1 saturated heterocycles. The summed E-state index contributed by atoms with van der Waals surface area (Å²) in [5.74, 6) is -1.34. The SMILES string of the molecule is CC(=O)O[C@H]1[C@H](OC(=O)c2ccccc2)[C@H]2C[C@]3(OC2(C)C)[C@H](C)CC[C@@H](O)[C@@]13CO. The van der Waals surface area contributed by atoms with Gasteiger partial charge in [0.25, 0.3) is 0 Å². The summed E-state index contributed by atoms with van der Waals surface area (Å²) in [5.41, 5.74) is -2.50. The summed E-state index contributed by atoms with van der Waals surface area (Å²) in [4.78, 5) is 25.2. The zero-order valence-corrected chi connectivity index (χ0v) is 18.5. The summed E-state index contributed by atoms with van der Waals surface area (Å²) in [5, 5.41) is 22.0. The molecule has 7 atom stereocenters. The van der Waals surface area contributed by atoms with E-state index in [0.717, 1.165) is 6.42 Å². The van der Waals surface area contributed by atoms with Gasteiger partial charge in [-0.15, -0.1) is 0 Å². The number of aliphatic hydroxyl groups is 2. The molecule has 7 nitrogen and oxygen atoms in total. The van der Waals surface area contributed by atoms with E-state index in [1.165, 1.54) is 6.92 Å². The maximum Gasteiger partial charge on any atom is 0.338 e. The average Bonchev–Trinajstić information content (AvgIpc) is 2.98. The second kappa shape index (κ2) is 7.57. The number of esters is 2. The van der Waals surface area contributed by atoms with Crippen LogP contribution in [-0.4, -0.2) is 58.3 Å². The van der Waals surface area contributed by atoms with Crippen molar-refractivity contribution in [2.45, 2.75) is 76.5 Å². The second-order valence-electron chi connectivity index (χ2n) is 9.86. The summed E-state index contributed by atoms with van der Waals surface area (Å²) in [6, 6.07) is 8.62. The highest BCUT2D eigenvalue weighted by Crippen LogP contribution is 2.66. The highest BCUT2D eigenvalue weighted by molar-refractivity contribution is 5.89. The molecule has 2 aliphatic carbocycles. The van der Waals surface area contributed by atoms with Crippen LogP contribution in [0.15, 0.2) is 30.3 Å². The molecule has 0 unspecified atom stereocenters. The molecule has 3 aliphatic rings. The molecular formula is C24H32O7. The van der Waals surface area contributed by atoms with Gasteiger partial charge in [0.1, 0.15) is 6.10 Å². The molecule has 0 radical (unpaired) electrons. The van der Waals surface area contributed by atoms with Crippen molar-refractivity contribution in [1.82, 2.24) is 0 Å². The van der Waals surface area contributed by atoms with Gasteiger partial charge in [-0.25, -0.2) is 4.79 Å². The number of benzene rings is 1. The summed E-state index contributed by atoms with van der Waals surface area (Å²) in [6.07, 6.45) is -1.19. The molecule has 3 fully saturated rings. The Morgan fingerprint density at radius 1 is 1.16 bits per heavy atom. The van der Waals surface area contributed by atoms with Crippen molar-refractivity contribution >= 4 is 11.9 Å². The van der Waals surface area contributed by atoms with Crippen LogP contribution in [0.2, 0.25) is 0 Å². The Kier molecular flexibility index (Phi) is 5.43. The van der Waals surface area contributed by atoms with Gasteiger partial charge in [-0.3, -0.25) is 4.79 Å². The minimum absolute atomic E-state index is 0.0242. The van der Waals surface area contributed by atoms with Gasteiger partial charge in [-0.1, -0.05) is 25.1 Å². The monoisotopic (exact) mass is 432 g/mol. The van der Waals surface area contributed by atoms with E-state index in [0.29, 0.717) is 18.4 Å². The largest absolute Gasteiger partial charge is 0.458 e. The van der Waals surface area contributed by atoms with Crippen molar-refractivity contribution in [2.24, 2.45) is 17.3 Å². The lowest BCUT2D eigenvalue weighted by molar-refractivity contribution is -0.286. The Morgan fingerprint density at radius 3 is 2.45 bits per heavy atom. The molecular weight excluding hydrogens is 400 g/mol. The van der Waals surface area contributed by atoms with Crippen molar-refractivity contribution < 1.29 is 34.0 Å². The van der Waals surface area contributed by atoms with E-state index in [-0.39, 0.29) is 11.8 Å². The molecule has 31 heavy (non-hydrogen) atoms. The van der Waals surface area contributed by atoms with Crippen LogP contribution in [0.3, 0.4) is 0 Å². The summed E-state index contributed by atoms with van der Waals surface area (Å²) < 4.78 is 18.4. The molecule has 1 aliphatic heterocycles. The Bertz CT molecular complexity index is 853. The van der Waals surface area contributed by atoms with E-state index in [2.05, 4.69) is 6.92 Å². The van der Waals surface area contributed by atoms with E-state index in [4.69, 9.17) is 14.2 Å². The predicted molar refractivity (Wildman–Crippen MR) is 111 cm³/mol. The first-order chi connectivity index (χ1) is 14.6. The number of hydrogen-bond acceptors (Lipinski definition) is 7. The van der Waals surface area contributed by atoms with Crippen molar-refractivity contribution in [3.05, 3.63) is 35.9 Å². The van der Waals surface area contributed by atoms with Crippen LogP contribution in [-0.2, 0) is 19.0 Å². The van der Waals surface area contributed by atoms with Crippen LogP contribution in [0.4, 0.5) is 0 Å². The van der Waals surface area contributed by atoms with Crippen LogP contribution in [0.1, 0.15) is 57.3 Å². The predicted octanol–water partition coefficient (Wildman–Crippen LogP) is 2.48. The van der Waals surface area contributed by atoms with Crippen molar-refractivity contribution in [3.63, 3.8) is 0 Å². The van der Waals surface area contributed by atoms with E-state index in [1.54, 1.807) is 24.3 Å². The molecule has 170 valence electrons. The van der Waals surface area contributed by atoms with Crippen LogP contribution < -0.4 is 0 Å². The zero-order chi connectivity index (χ0) is 22.6. The maximum atomic E-state index is 13.0. The molecule has 2 bridgehead atoms. The summed E-state index contributed by atoms with van der Waals surface area (Å²) in [7, 11) is 0. The van der Waals surface area contributed by atoms with Crippen molar-refractivity contribution in [3.8, 4) is 0 Å². The number of fused-ring (bicyclic) bond motifs is 1. The first-order valence-corrected chi connectivity index (χ1v) is 11.0. The number of carbonyl (C=O) groups excluding carboxylic acids is 2.